The van der Waals surface area contributed by atoms with Crippen LogP contribution in [0.3, 0.4) is 0 Å². The van der Waals surface area contributed by atoms with Crippen molar-refractivity contribution in [2.45, 2.75) is 25.8 Å². The Balaban J connectivity index is 2.89. The van der Waals surface area contributed by atoms with Gasteiger partial charge in [0.1, 0.15) is 11.6 Å². The summed E-state index contributed by atoms with van der Waals surface area (Å²) in [5, 5.41) is 0. The van der Waals surface area contributed by atoms with Crippen LogP contribution >= 0.6 is 0 Å². The minimum absolute atomic E-state index is 0.0305. The van der Waals surface area contributed by atoms with Gasteiger partial charge in [0.2, 0.25) is 0 Å². The van der Waals surface area contributed by atoms with E-state index < -0.39 is 17.2 Å². The van der Waals surface area contributed by atoms with Crippen molar-refractivity contribution < 1.29 is 13.6 Å². The number of carbonyl (C=O) groups excluding carboxylic acids is 1. The molecule has 2 nitrogen and oxygen atoms in total. The first-order valence-corrected chi connectivity index (χ1v) is 5.40. The van der Waals surface area contributed by atoms with Crippen LogP contribution in [0, 0.1) is 11.6 Å². The van der Waals surface area contributed by atoms with Crippen molar-refractivity contribution in [2.24, 2.45) is 0 Å². The number of halogens is 2. The lowest BCUT2D eigenvalue weighted by atomic mass is 9.92. The smallest absolute Gasteiger partial charge is 0.156 e. The third-order valence-electron chi connectivity index (χ3n) is 3.17. The summed E-state index contributed by atoms with van der Waals surface area (Å²) in [7, 11) is 3.58. The molecule has 0 atom stereocenters. The first-order chi connectivity index (χ1) is 7.75. The van der Waals surface area contributed by atoms with Crippen molar-refractivity contribution >= 4 is 5.78 Å². The second-order valence-corrected chi connectivity index (χ2v) is 4.79. The lowest BCUT2D eigenvalue weighted by Gasteiger charge is -2.30. The van der Waals surface area contributed by atoms with Crippen LogP contribution in [0.5, 0.6) is 0 Å². The number of likely N-dealkylation sites (N-methyl/N-ethyl adjacent to an activating group) is 1. The molecular weight excluding hydrogens is 224 g/mol. The molecule has 1 aromatic carbocycles. The number of nitrogens with zero attached hydrogens (tertiary/aromatic N) is 1. The predicted octanol–water partition coefficient (Wildman–Crippen LogP) is 2.42. The molecule has 0 bridgehead atoms. The fraction of sp³-hybridized carbons (Fsp3) is 0.462. The SMILES string of the molecule is CN(C)C(C)(C)C(=O)Cc1ccc(F)cc1F. The topological polar surface area (TPSA) is 20.3 Å². The van der Waals surface area contributed by atoms with E-state index in [2.05, 4.69) is 0 Å². The number of hydrogen-bond donors (Lipinski definition) is 0. The molecule has 0 spiro atoms. The average molecular weight is 241 g/mol. The number of ketones is 1. The van der Waals surface area contributed by atoms with Crippen LogP contribution in [0.15, 0.2) is 18.2 Å². The Morgan fingerprint density at radius 2 is 1.88 bits per heavy atom. The van der Waals surface area contributed by atoms with Gasteiger partial charge in [0, 0.05) is 12.5 Å². The molecule has 0 heterocycles. The maximum absolute atomic E-state index is 13.4. The predicted molar refractivity (Wildman–Crippen MR) is 62.8 cm³/mol. The Hall–Kier alpha value is -1.29. The van der Waals surface area contributed by atoms with Gasteiger partial charge in [-0.1, -0.05) is 6.07 Å². The van der Waals surface area contributed by atoms with Crippen molar-refractivity contribution in [3.8, 4) is 0 Å². The first kappa shape index (κ1) is 13.8. The summed E-state index contributed by atoms with van der Waals surface area (Å²) in [6.45, 7) is 3.55. The Morgan fingerprint density at radius 1 is 1.29 bits per heavy atom. The molecule has 1 rings (SSSR count). The molecule has 0 aliphatic heterocycles. The van der Waals surface area contributed by atoms with Crippen molar-refractivity contribution in [3.63, 3.8) is 0 Å². The molecule has 0 aliphatic rings. The van der Waals surface area contributed by atoms with Gasteiger partial charge in [-0.25, -0.2) is 8.78 Å². The number of Topliss-reactive ketones (excluding diaryl/α,β-unsaturated/α-hetero) is 1. The van der Waals surface area contributed by atoms with Crippen LogP contribution in [0.2, 0.25) is 0 Å². The van der Waals surface area contributed by atoms with Gasteiger partial charge >= 0.3 is 0 Å². The molecule has 0 aliphatic carbocycles. The summed E-state index contributed by atoms with van der Waals surface area (Å²) in [4.78, 5) is 13.8. The molecule has 0 amide bonds. The van der Waals surface area contributed by atoms with E-state index in [-0.39, 0.29) is 17.8 Å². The van der Waals surface area contributed by atoms with E-state index in [9.17, 15) is 13.6 Å². The van der Waals surface area contributed by atoms with Gasteiger partial charge in [0.15, 0.2) is 5.78 Å². The zero-order chi connectivity index (χ0) is 13.2. The lowest BCUT2D eigenvalue weighted by molar-refractivity contribution is -0.127. The molecule has 0 N–H and O–H groups in total. The van der Waals surface area contributed by atoms with Gasteiger partial charge in [-0.2, -0.15) is 0 Å². The highest BCUT2D eigenvalue weighted by Crippen LogP contribution is 2.17. The normalized spacial score (nSPS) is 11.9. The Morgan fingerprint density at radius 3 is 2.35 bits per heavy atom. The molecule has 17 heavy (non-hydrogen) atoms. The third-order valence-corrected chi connectivity index (χ3v) is 3.17. The van der Waals surface area contributed by atoms with E-state index in [1.807, 2.05) is 0 Å². The average Bonchev–Trinajstić information content (AvgIpc) is 2.21. The van der Waals surface area contributed by atoms with Crippen molar-refractivity contribution in [3.05, 3.63) is 35.4 Å². The quantitative estimate of drug-likeness (QED) is 0.807. The molecule has 94 valence electrons. The van der Waals surface area contributed by atoms with Crippen LogP contribution < -0.4 is 0 Å². The van der Waals surface area contributed by atoms with Crippen LogP contribution in [0.25, 0.3) is 0 Å². The standard InChI is InChI=1S/C13H17F2NO/c1-13(2,16(3)4)12(17)7-9-5-6-10(14)8-11(9)15/h5-6,8H,7H2,1-4H3. The monoisotopic (exact) mass is 241 g/mol. The summed E-state index contributed by atoms with van der Waals surface area (Å²) in [5.74, 6) is -1.41. The second kappa shape index (κ2) is 4.92. The van der Waals surface area contributed by atoms with E-state index in [1.54, 1.807) is 32.8 Å². The van der Waals surface area contributed by atoms with Crippen molar-refractivity contribution in [2.75, 3.05) is 14.1 Å². The molecule has 0 aromatic heterocycles. The highest BCUT2D eigenvalue weighted by molar-refractivity contribution is 5.89. The van der Waals surface area contributed by atoms with E-state index in [1.165, 1.54) is 6.07 Å². The van der Waals surface area contributed by atoms with Gasteiger partial charge in [-0.3, -0.25) is 9.69 Å². The van der Waals surface area contributed by atoms with Gasteiger partial charge in [0.05, 0.1) is 5.54 Å². The minimum atomic E-state index is -0.673. The van der Waals surface area contributed by atoms with Gasteiger partial charge < -0.3 is 0 Å². The van der Waals surface area contributed by atoms with Crippen molar-refractivity contribution in [1.82, 2.24) is 4.90 Å². The maximum atomic E-state index is 13.4. The molecular formula is C13H17F2NO. The number of rotatable bonds is 4. The molecule has 4 heteroatoms. The second-order valence-electron chi connectivity index (χ2n) is 4.79. The minimum Gasteiger partial charge on any atom is -0.298 e. The number of carbonyl (C=O) groups is 1. The molecule has 0 unspecified atom stereocenters. The maximum Gasteiger partial charge on any atom is 0.156 e. The summed E-state index contributed by atoms with van der Waals surface area (Å²) in [6.07, 6.45) is -0.0305. The lowest BCUT2D eigenvalue weighted by Crippen LogP contribution is -2.46. The van der Waals surface area contributed by atoms with E-state index in [0.717, 1.165) is 12.1 Å². The highest BCUT2D eigenvalue weighted by Gasteiger charge is 2.29. The molecule has 0 radical (unpaired) electrons. The zero-order valence-electron chi connectivity index (χ0n) is 10.6. The molecule has 1 aromatic rings. The summed E-state index contributed by atoms with van der Waals surface area (Å²) >= 11 is 0. The molecule has 0 fully saturated rings. The van der Waals surface area contributed by atoms with Crippen LogP contribution in [0.1, 0.15) is 19.4 Å². The van der Waals surface area contributed by atoms with E-state index in [4.69, 9.17) is 0 Å². The first-order valence-electron chi connectivity index (χ1n) is 5.40. The fourth-order valence-corrected chi connectivity index (χ4v) is 1.30. The van der Waals surface area contributed by atoms with Gasteiger partial charge in [-0.05, 0) is 39.6 Å². The van der Waals surface area contributed by atoms with Crippen molar-refractivity contribution in [1.29, 1.82) is 0 Å². The molecule has 0 saturated heterocycles. The van der Waals surface area contributed by atoms with E-state index in [0.29, 0.717) is 0 Å². The summed E-state index contributed by atoms with van der Waals surface area (Å²) in [6, 6.07) is 3.27. The summed E-state index contributed by atoms with van der Waals surface area (Å²) in [5.41, 5.74) is -0.438. The Bertz CT molecular complexity index is 427. The number of hydrogen-bond acceptors (Lipinski definition) is 2. The van der Waals surface area contributed by atoms with E-state index >= 15 is 0 Å². The molecule has 0 saturated carbocycles. The summed E-state index contributed by atoms with van der Waals surface area (Å²) < 4.78 is 26.1. The van der Waals surface area contributed by atoms with Gasteiger partial charge in [-0.15, -0.1) is 0 Å². The zero-order valence-corrected chi connectivity index (χ0v) is 10.6. The highest BCUT2D eigenvalue weighted by atomic mass is 19.1. The number of benzene rings is 1. The third kappa shape index (κ3) is 3.09. The Labute approximate surface area is 100 Å². The fourth-order valence-electron chi connectivity index (χ4n) is 1.30. The Kier molecular flexibility index (Phi) is 3.98. The van der Waals surface area contributed by atoms with Crippen LogP contribution in [0.4, 0.5) is 8.78 Å². The van der Waals surface area contributed by atoms with Gasteiger partial charge in [0.25, 0.3) is 0 Å². The van der Waals surface area contributed by atoms with Crippen LogP contribution in [-0.2, 0) is 11.2 Å². The van der Waals surface area contributed by atoms with Crippen LogP contribution in [-0.4, -0.2) is 30.3 Å². The largest absolute Gasteiger partial charge is 0.298 e.